The number of halogens is 1. The number of phenols is 1. The number of carbonyl (C=O) groups is 1. The third-order valence-electron chi connectivity index (χ3n) is 5.75. The quantitative estimate of drug-likeness (QED) is 0.620. The molecule has 0 aliphatic carbocycles. The lowest BCUT2D eigenvalue weighted by atomic mass is 9.97. The molecular weight excluding hydrogens is 422 g/mol. The summed E-state index contributed by atoms with van der Waals surface area (Å²) in [5.41, 5.74) is 2.64. The van der Waals surface area contributed by atoms with Crippen LogP contribution in [0.3, 0.4) is 0 Å². The fourth-order valence-electron chi connectivity index (χ4n) is 3.96. The maximum Gasteiger partial charge on any atom is 0.340 e. The van der Waals surface area contributed by atoms with Gasteiger partial charge in [0.15, 0.2) is 11.5 Å². The highest BCUT2D eigenvalue weighted by atomic mass is 35.5. The molecule has 0 spiro atoms. The van der Waals surface area contributed by atoms with Gasteiger partial charge in [0.25, 0.3) is 0 Å². The van der Waals surface area contributed by atoms with Gasteiger partial charge in [-0.3, -0.25) is 4.79 Å². The van der Waals surface area contributed by atoms with Gasteiger partial charge in [0, 0.05) is 24.5 Å². The average molecular weight is 444 g/mol. The Kier molecular flexibility index (Phi) is 5.54. The zero-order valence-electron chi connectivity index (χ0n) is 17.5. The molecule has 31 heavy (non-hydrogen) atoms. The van der Waals surface area contributed by atoms with Crippen LogP contribution in [0, 0.1) is 6.92 Å². The number of phenolic OH excluding ortho intramolecular Hbond substituents is 1. The molecule has 8 heteroatoms. The van der Waals surface area contributed by atoms with E-state index in [1.54, 1.807) is 26.0 Å². The van der Waals surface area contributed by atoms with Crippen LogP contribution in [-0.4, -0.2) is 36.7 Å². The summed E-state index contributed by atoms with van der Waals surface area (Å²) in [6.45, 7) is 2.71. The summed E-state index contributed by atoms with van der Waals surface area (Å²) in [6, 6.07) is 6.67. The zero-order chi connectivity index (χ0) is 22.3. The number of aromatic hydroxyl groups is 1. The van der Waals surface area contributed by atoms with E-state index in [1.165, 1.54) is 12.1 Å². The molecule has 0 radical (unpaired) electrons. The van der Waals surface area contributed by atoms with Crippen LogP contribution >= 0.6 is 11.6 Å². The molecule has 1 aromatic heterocycles. The van der Waals surface area contributed by atoms with Gasteiger partial charge >= 0.3 is 5.63 Å². The van der Waals surface area contributed by atoms with E-state index in [0.29, 0.717) is 42.0 Å². The summed E-state index contributed by atoms with van der Waals surface area (Å²) in [4.78, 5) is 27.3. The molecule has 1 N–H and O–H groups in total. The SMILES string of the molecule is COc1cc2c(cc1OC)CN(C(=O)Cc1c(C)c3cc(Cl)c(O)cc3oc1=O)CC2. The summed E-state index contributed by atoms with van der Waals surface area (Å²) in [7, 11) is 3.17. The van der Waals surface area contributed by atoms with E-state index in [9.17, 15) is 14.7 Å². The molecule has 7 nitrogen and oxygen atoms in total. The normalized spacial score (nSPS) is 13.2. The van der Waals surface area contributed by atoms with Gasteiger partial charge in [-0.2, -0.15) is 0 Å². The highest BCUT2D eigenvalue weighted by Gasteiger charge is 2.25. The van der Waals surface area contributed by atoms with Gasteiger partial charge in [-0.25, -0.2) is 4.79 Å². The van der Waals surface area contributed by atoms with Crippen LogP contribution < -0.4 is 15.1 Å². The molecule has 3 aromatic rings. The fourth-order valence-corrected chi connectivity index (χ4v) is 4.12. The molecule has 0 atom stereocenters. The molecule has 162 valence electrons. The van der Waals surface area contributed by atoms with Crippen LogP contribution in [0.1, 0.15) is 22.3 Å². The maximum atomic E-state index is 13.0. The van der Waals surface area contributed by atoms with Gasteiger partial charge in [0.2, 0.25) is 5.91 Å². The minimum absolute atomic E-state index is 0.0781. The van der Waals surface area contributed by atoms with Gasteiger partial charge < -0.3 is 23.9 Å². The minimum Gasteiger partial charge on any atom is -0.506 e. The summed E-state index contributed by atoms with van der Waals surface area (Å²) in [5.74, 6) is 0.941. The van der Waals surface area contributed by atoms with Gasteiger partial charge in [-0.15, -0.1) is 0 Å². The molecule has 4 rings (SSSR count). The van der Waals surface area contributed by atoms with Crippen molar-refractivity contribution in [3.05, 3.63) is 62.0 Å². The molecule has 0 unspecified atom stereocenters. The smallest absolute Gasteiger partial charge is 0.340 e. The number of nitrogens with zero attached hydrogens (tertiary/aromatic N) is 1. The van der Waals surface area contributed by atoms with E-state index >= 15 is 0 Å². The zero-order valence-corrected chi connectivity index (χ0v) is 18.2. The number of hydrogen-bond acceptors (Lipinski definition) is 6. The Bertz CT molecular complexity index is 1250. The molecule has 2 heterocycles. The first-order valence-corrected chi connectivity index (χ1v) is 10.2. The standard InChI is InChI=1S/C23H22ClNO6/c1-12-15-8-17(24)18(26)10-19(15)31-23(28)16(12)9-22(27)25-5-4-13-6-20(29-2)21(30-3)7-14(13)11-25/h6-8,10,26H,4-5,9,11H2,1-3H3. The van der Waals surface area contributed by atoms with Crippen LogP contribution in [0.15, 0.2) is 33.5 Å². The molecule has 1 amide bonds. The summed E-state index contributed by atoms with van der Waals surface area (Å²) in [5, 5.41) is 10.5. The van der Waals surface area contributed by atoms with E-state index in [4.69, 9.17) is 25.5 Å². The molecule has 0 bridgehead atoms. The van der Waals surface area contributed by atoms with E-state index in [1.807, 2.05) is 12.1 Å². The first-order chi connectivity index (χ1) is 14.8. The second kappa shape index (κ2) is 8.15. The van der Waals surface area contributed by atoms with E-state index < -0.39 is 5.63 Å². The predicted molar refractivity (Wildman–Crippen MR) is 116 cm³/mol. The first-order valence-electron chi connectivity index (χ1n) is 9.78. The van der Waals surface area contributed by atoms with Crippen molar-refractivity contribution in [3.63, 3.8) is 0 Å². The molecule has 1 aliphatic heterocycles. The highest BCUT2D eigenvalue weighted by molar-refractivity contribution is 6.32. The number of ether oxygens (including phenoxy) is 2. The lowest BCUT2D eigenvalue weighted by Gasteiger charge is -2.29. The largest absolute Gasteiger partial charge is 0.506 e. The lowest BCUT2D eigenvalue weighted by molar-refractivity contribution is -0.131. The second-order valence-electron chi connectivity index (χ2n) is 7.51. The molecule has 0 fully saturated rings. The highest BCUT2D eigenvalue weighted by Crippen LogP contribution is 2.34. The third-order valence-corrected chi connectivity index (χ3v) is 6.06. The maximum absolute atomic E-state index is 13.0. The van der Waals surface area contributed by atoms with Crippen LogP contribution in [0.2, 0.25) is 5.02 Å². The number of carbonyl (C=O) groups excluding carboxylic acids is 1. The van der Waals surface area contributed by atoms with Crippen molar-refractivity contribution in [2.24, 2.45) is 0 Å². The molecule has 1 aliphatic rings. The Hall–Kier alpha value is -3.19. The number of hydrogen-bond donors (Lipinski definition) is 1. The predicted octanol–water partition coefficient (Wildman–Crippen LogP) is 3.61. The van der Waals surface area contributed by atoms with Crippen LogP contribution in [0.25, 0.3) is 11.0 Å². The Balaban J connectivity index is 1.61. The van der Waals surface area contributed by atoms with Crippen molar-refractivity contribution in [1.82, 2.24) is 4.90 Å². The van der Waals surface area contributed by atoms with Crippen molar-refractivity contribution in [1.29, 1.82) is 0 Å². The van der Waals surface area contributed by atoms with Crippen LogP contribution in [0.4, 0.5) is 0 Å². The van der Waals surface area contributed by atoms with Crippen molar-refractivity contribution in [3.8, 4) is 17.2 Å². The van der Waals surface area contributed by atoms with E-state index in [2.05, 4.69) is 0 Å². The number of benzene rings is 2. The van der Waals surface area contributed by atoms with E-state index in [0.717, 1.165) is 11.1 Å². The fraction of sp³-hybridized carbons (Fsp3) is 0.304. The van der Waals surface area contributed by atoms with Crippen molar-refractivity contribution in [2.75, 3.05) is 20.8 Å². The third kappa shape index (κ3) is 3.81. The summed E-state index contributed by atoms with van der Waals surface area (Å²) < 4.78 is 16.1. The Morgan fingerprint density at radius 3 is 2.52 bits per heavy atom. The first kappa shape index (κ1) is 21.1. The summed E-state index contributed by atoms with van der Waals surface area (Å²) >= 11 is 6.01. The van der Waals surface area contributed by atoms with E-state index in [-0.39, 0.29) is 34.2 Å². The number of rotatable bonds is 4. The van der Waals surface area contributed by atoms with Crippen LogP contribution in [0.5, 0.6) is 17.2 Å². The van der Waals surface area contributed by atoms with Crippen molar-refractivity contribution < 1.29 is 23.8 Å². The molecule has 0 saturated carbocycles. The Morgan fingerprint density at radius 2 is 1.84 bits per heavy atom. The van der Waals surface area contributed by atoms with Crippen molar-refractivity contribution >= 4 is 28.5 Å². The monoisotopic (exact) mass is 443 g/mol. The average Bonchev–Trinajstić information content (AvgIpc) is 2.76. The minimum atomic E-state index is -0.594. The van der Waals surface area contributed by atoms with Crippen LogP contribution in [-0.2, 0) is 24.2 Å². The Morgan fingerprint density at radius 1 is 1.16 bits per heavy atom. The van der Waals surface area contributed by atoms with Gasteiger partial charge in [-0.05, 0) is 48.2 Å². The molecular formula is C23H22ClNO6. The van der Waals surface area contributed by atoms with Gasteiger partial charge in [0.05, 0.1) is 31.2 Å². The number of fused-ring (bicyclic) bond motifs is 2. The van der Waals surface area contributed by atoms with Gasteiger partial charge in [0.1, 0.15) is 11.3 Å². The molecule has 2 aromatic carbocycles. The Labute approximate surface area is 183 Å². The topological polar surface area (TPSA) is 89.2 Å². The van der Waals surface area contributed by atoms with Gasteiger partial charge in [-0.1, -0.05) is 11.6 Å². The van der Waals surface area contributed by atoms with Crippen molar-refractivity contribution in [2.45, 2.75) is 26.3 Å². The second-order valence-corrected chi connectivity index (χ2v) is 7.92. The lowest BCUT2D eigenvalue weighted by Crippen LogP contribution is -2.37. The number of methoxy groups -OCH3 is 2. The molecule has 0 saturated heterocycles. The number of amides is 1. The number of aryl methyl sites for hydroxylation is 1. The summed E-state index contributed by atoms with van der Waals surface area (Å²) in [6.07, 6.45) is 0.604.